The fourth-order valence-electron chi connectivity index (χ4n) is 3.46. The summed E-state index contributed by atoms with van der Waals surface area (Å²) in [5.41, 5.74) is 0. The van der Waals surface area contributed by atoms with Crippen LogP contribution in [0.5, 0.6) is 0 Å². The topological polar surface area (TPSA) is 79.0 Å². The molecular formula is C17H29N3O4. The number of nitrogens with zero attached hydrogens (tertiary/aromatic N) is 2. The quantitative estimate of drug-likeness (QED) is 0.817. The molecule has 0 aromatic heterocycles. The Labute approximate surface area is 143 Å². The lowest BCUT2D eigenvalue weighted by atomic mass is 9.92. The molecule has 1 N–H and O–H groups in total. The minimum absolute atomic E-state index is 0.0269. The molecule has 136 valence electrons. The smallest absolute Gasteiger partial charge is 0.409 e. The number of piperazine rings is 1. The van der Waals surface area contributed by atoms with Gasteiger partial charge in [-0.2, -0.15) is 0 Å². The summed E-state index contributed by atoms with van der Waals surface area (Å²) in [5, 5.41) is 2.78. The van der Waals surface area contributed by atoms with Gasteiger partial charge in [0.05, 0.1) is 13.2 Å². The first kappa shape index (κ1) is 18.5. The van der Waals surface area contributed by atoms with Gasteiger partial charge in [-0.25, -0.2) is 4.79 Å². The number of hydrogen-bond donors (Lipinski definition) is 1. The molecular weight excluding hydrogens is 310 g/mol. The lowest BCUT2D eigenvalue weighted by Gasteiger charge is -2.34. The van der Waals surface area contributed by atoms with Gasteiger partial charge in [0.1, 0.15) is 0 Å². The molecule has 24 heavy (non-hydrogen) atoms. The van der Waals surface area contributed by atoms with Gasteiger partial charge in [-0.05, 0) is 25.7 Å². The van der Waals surface area contributed by atoms with Gasteiger partial charge >= 0.3 is 6.09 Å². The van der Waals surface area contributed by atoms with Gasteiger partial charge in [0.2, 0.25) is 11.8 Å². The van der Waals surface area contributed by atoms with E-state index in [9.17, 15) is 14.4 Å². The Morgan fingerprint density at radius 1 is 1.08 bits per heavy atom. The molecule has 7 nitrogen and oxygen atoms in total. The first-order valence-corrected chi connectivity index (χ1v) is 9.00. The Balaban J connectivity index is 1.69. The van der Waals surface area contributed by atoms with E-state index in [2.05, 4.69) is 5.32 Å². The van der Waals surface area contributed by atoms with Crippen molar-refractivity contribution in [3.8, 4) is 0 Å². The van der Waals surface area contributed by atoms with Crippen LogP contribution in [0.15, 0.2) is 0 Å². The number of hydrogen-bond acceptors (Lipinski definition) is 4. The molecule has 2 fully saturated rings. The van der Waals surface area contributed by atoms with Crippen molar-refractivity contribution in [3.05, 3.63) is 0 Å². The molecule has 2 rings (SSSR count). The lowest BCUT2D eigenvalue weighted by Crippen LogP contribution is -2.53. The standard InChI is InChI=1S/C17H29N3O4/c1-3-24-17(23)20-10-8-19(9-11-20)15(21)12-18-16(22)13(2)14-6-4-5-7-14/h13-14H,3-12H2,1-2H3,(H,18,22). The molecule has 1 unspecified atom stereocenters. The number of carbonyl (C=O) groups is 3. The average molecular weight is 339 g/mol. The molecule has 0 bridgehead atoms. The molecule has 1 heterocycles. The van der Waals surface area contributed by atoms with E-state index in [1.165, 1.54) is 12.8 Å². The zero-order chi connectivity index (χ0) is 17.5. The summed E-state index contributed by atoms with van der Waals surface area (Å²) in [5.74, 6) is 0.306. The minimum Gasteiger partial charge on any atom is -0.450 e. The van der Waals surface area contributed by atoms with Gasteiger partial charge in [-0.3, -0.25) is 9.59 Å². The van der Waals surface area contributed by atoms with Crippen LogP contribution >= 0.6 is 0 Å². The summed E-state index contributed by atoms with van der Waals surface area (Å²) >= 11 is 0. The normalized spacial score (nSPS) is 19.9. The number of ether oxygens (including phenoxy) is 1. The van der Waals surface area contributed by atoms with E-state index < -0.39 is 0 Å². The average Bonchev–Trinajstić information content (AvgIpc) is 3.13. The summed E-state index contributed by atoms with van der Waals surface area (Å²) in [6.07, 6.45) is 4.29. The SMILES string of the molecule is CCOC(=O)N1CCN(C(=O)CNC(=O)C(C)C2CCCC2)CC1. The number of rotatable bonds is 5. The molecule has 0 aromatic rings. The summed E-state index contributed by atoms with van der Waals surface area (Å²) in [6.45, 7) is 6.00. The van der Waals surface area contributed by atoms with Crippen molar-refractivity contribution in [2.24, 2.45) is 11.8 Å². The maximum Gasteiger partial charge on any atom is 0.409 e. The van der Waals surface area contributed by atoms with Gasteiger partial charge in [-0.1, -0.05) is 19.8 Å². The molecule has 1 atom stereocenters. The second kappa shape index (κ2) is 8.89. The van der Waals surface area contributed by atoms with Crippen molar-refractivity contribution in [2.75, 3.05) is 39.3 Å². The van der Waals surface area contributed by atoms with Crippen LogP contribution in [0.25, 0.3) is 0 Å². The zero-order valence-electron chi connectivity index (χ0n) is 14.8. The van der Waals surface area contributed by atoms with E-state index in [0.717, 1.165) is 12.8 Å². The maximum absolute atomic E-state index is 12.2. The predicted octanol–water partition coefficient (Wildman–Crippen LogP) is 1.23. The van der Waals surface area contributed by atoms with E-state index in [0.29, 0.717) is 38.7 Å². The Kier molecular flexibility index (Phi) is 6.87. The van der Waals surface area contributed by atoms with Gasteiger partial charge in [0.15, 0.2) is 0 Å². The lowest BCUT2D eigenvalue weighted by molar-refractivity contribution is -0.135. The van der Waals surface area contributed by atoms with Gasteiger partial charge in [0, 0.05) is 32.1 Å². The molecule has 1 aliphatic heterocycles. The molecule has 0 radical (unpaired) electrons. The zero-order valence-corrected chi connectivity index (χ0v) is 14.8. The Morgan fingerprint density at radius 2 is 1.67 bits per heavy atom. The number of amides is 3. The van der Waals surface area contributed by atoms with Crippen molar-refractivity contribution in [1.82, 2.24) is 15.1 Å². The monoisotopic (exact) mass is 339 g/mol. The van der Waals surface area contributed by atoms with Crippen molar-refractivity contribution in [3.63, 3.8) is 0 Å². The first-order chi connectivity index (χ1) is 11.5. The summed E-state index contributed by atoms with van der Waals surface area (Å²) in [7, 11) is 0. The van der Waals surface area contributed by atoms with Crippen LogP contribution in [0, 0.1) is 11.8 Å². The van der Waals surface area contributed by atoms with Crippen molar-refractivity contribution in [1.29, 1.82) is 0 Å². The van der Waals surface area contributed by atoms with Crippen LogP contribution in [0.4, 0.5) is 4.79 Å². The molecule has 1 aliphatic carbocycles. The van der Waals surface area contributed by atoms with Crippen LogP contribution in [0.2, 0.25) is 0 Å². The summed E-state index contributed by atoms with van der Waals surface area (Å²) in [4.78, 5) is 39.3. The van der Waals surface area contributed by atoms with E-state index >= 15 is 0 Å². The van der Waals surface area contributed by atoms with E-state index in [1.54, 1.807) is 16.7 Å². The van der Waals surface area contributed by atoms with E-state index in [1.807, 2.05) is 6.92 Å². The van der Waals surface area contributed by atoms with Gasteiger partial charge in [0.25, 0.3) is 0 Å². The molecule has 3 amide bonds. The second-order valence-corrected chi connectivity index (χ2v) is 6.62. The summed E-state index contributed by atoms with van der Waals surface area (Å²) < 4.78 is 4.96. The number of nitrogens with one attached hydrogen (secondary N) is 1. The van der Waals surface area contributed by atoms with Crippen LogP contribution in [0.3, 0.4) is 0 Å². The van der Waals surface area contributed by atoms with Crippen LogP contribution < -0.4 is 5.32 Å². The molecule has 1 saturated heterocycles. The molecule has 0 spiro atoms. The first-order valence-electron chi connectivity index (χ1n) is 9.00. The van der Waals surface area contributed by atoms with Crippen molar-refractivity contribution >= 4 is 17.9 Å². The molecule has 2 aliphatic rings. The number of carbonyl (C=O) groups excluding carboxylic acids is 3. The minimum atomic E-state index is -0.330. The highest BCUT2D eigenvalue weighted by atomic mass is 16.6. The molecule has 0 aromatic carbocycles. The Hall–Kier alpha value is -1.79. The Bertz CT molecular complexity index is 455. The highest BCUT2D eigenvalue weighted by Gasteiger charge is 2.28. The predicted molar refractivity (Wildman–Crippen MR) is 89.3 cm³/mol. The van der Waals surface area contributed by atoms with Crippen LogP contribution in [0.1, 0.15) is 39.5 Å². The second-order valence-electron chi connectivity index (χ2n) is 6.62. The third kappa shape index (κ3) is 4.85. The van der Waals surface area contributed by atoms with Gasteiger partial charge < -0.3 is 19.9 Å². The molecule has 7 heteroatoms. The van der Waals surface area contributed by atoms with E-state index in [-0.39, 0.29) is 30.4 Å². The fraction of sp³-hybridized carbons (Fsp3) is 0.824. The van der Waals surface area contributed by atoms with Crippen molar-refractivity contribution in [2.45, 2.75) is 39.5 Å². The maximum atomic E-state index is 12.2. The third-order valence-electron chi connectivity index (χ3n) is 5.09. The van der Waals surface area contributed by atoms with Crippen LogP contribution in [-0.2, 0) is 14.3 Å². The highest BCUT2D eigenvalue weighted by Crippen LogP contribution is 2.31. The third-order valence-corrected chi connectivity index (χ3v) is 5.09. The van der Waals surface area contributed by atoms with Crippen molar-refractivity contribution < 1.29 is 19.1 Å². The van der Waals surface area contributed by atoms with Gasteiger partial charge in [-0.15, -0.1) is 0 Å². The molecule has 1 saturated carbocycles. The fourth-order valence-corrected chi connectivity index (χ4v) is 3.46. The van der Waals surface area contributed by atoms with E-state index in [4.69, 9.17) is 4.74 Å². The largest absolute Gasteiger partial charge is 0.450 e. The summed E-state index contributed by atoms with van der Waals surface area (Å²) in [6, 6.07) is 0. The highest BCUT2D eigenvalue weighted by molar-refractivity contribution is 5.86. The Morgan fingerprint density at radius 3 is 2.25 bits per heavy atom. The van der Waals surface area contributed by atoms with Crippen LogP contribution in [-0.4, -0.2) is 67.0 Å².